The molecule has 24 heavy (non-hydrogen) atoms. The highest BCUT2D eigenvalue weighted by Gasteiger charge is 2.36. The van der Waals surface area contributed by atoms with Gasteiger partial charge in [-0.05, 0) is 37.6 Å². The Hall–Kier alpha value is -0.870. The van der Waals surface area contributed by atoms with E-state index in [2.05, 4.69) is 10.0 Å². The van der Waals surface area contributed by atoms with Crippen LogP contribution in [-0.4, -0.2) is 40.8 Å². The van der Waals surface area contributed by atoms with Crippen LogP contribution >= 0.6 is 11.6 Å². The Morgan fingerprint density at radius 3 is 2.67 bits per heavy atom. The molecule has 0 spiro atoms. The maximum atomic E-state index is 12.8. The molecule has 1 aliphatic rings. The number of benzene rings is 1. The van der Waals surface area contributed by atoms with Crippen LogP contribution in [0.1, 0.15) is 18.4 Å². The van der Waals surface area contributed by atoms with Crippen molar-refractivity contribution in [2.24, 2.45) is 0 Å². The minimum Gasteiger partial charge on any atom is -0.383 e. The highest BCUT2D eigenvalue weighted by molar-refractivity contribution is 7.89. The van der Waals surface area contributed by atoms with E-state index in [9.17, 15) is 21.6 Å². The van der Waals surface area contributed by atoms with Crippen molar-refractivity contribution in [3.05, 3.63) is 28.8 Å². The van der Waals surface area contributed by atoms with Gasteiger partial charge in [0.2, 0.25) is 10.0 Å². The van der Waals surface area contributed by atoms with Gasteiger partial charge in [0, 0.05) is 13.7 Å². The Balaban J connectivity index is 2.24. The minimum atomic E-state index is -4.65. The van der Waals surface area contributed by atoms with Gasteiger partial charge in [0.15, 0.2) is 0 Å². The van der Waals surface area contributed by atoms with Crippen LogP contribution in [0.15, 0.2) is 23.1 Å². The molecule has 0 bridgehead atoms. The van der Waals surface area contributed by atoms with Gasteiger partial charge in [0.1, 0.15) is 4.90 Å². The van der Waals surface area contributed by atoms with Crippen molar-refractivity contribution in [2.45, 2.75) is 29.5 Å². The molecule has 1 saturated heterocycles. The molecule has 0 radical (unpaired) electrons. The van der Waals surface area contributed by atoms with E-state index in [4.69, 9.17) is 16.3 Å². The average Bonchev–Trinajstić information content (AvgIpc) is 2.94. The van der Waals surface area contributed by atoms with Crippen molar-refractivity contribution in [3.63, 3.8) is 0 Å². The third-order valence-corrected chi connectivity index (χ3v) is 5.78. The fourth-order valence-electron chi connectivity index (χ4n) is 2.67. The summed E-state index contributed by atoms with van der Waals surface area (Å²) in [6.45, 7) is 0.997. The normalized spacial score (nSPS) is 22.0. The predicted molar refractivity (Wildman–Crippen MR) is 83.5 cm³/mol. The summed E-state index contributed by atoms with van der Waals surface area (Å²) < 4.78 is 70.7. The fraction of sp³-hybridized carbons (Fsp3) is 0.571. The second-order valence-corrected chi connectivity index (χ2v) is 7.85. The number of methoxy groups -OCH3 is 1. The molecule has 2 rings (SSSR count). The van der Waals surface area contributed by atoms with E-state index in [1.165, 1.54) is 7.11 Å². The SMILES string of the molecule is COCC1(CNS(=O)(=O)c2cc(C(F)(F)F)ccc2Cl)CCCN1. The predicted octanol–water partition coefficient (Wildman–Crippen LogP) is 2.41. The smallest absolute Gasteiger partial charge is 0.383 e. The van der Waals surface area contributed by atoms with Gasteiger partial charge in [0.25, 0.3) is 0 Å². The van der Waals surface area contributed by atoms with E-state index in [1.807, 2.05) is 0 Å². The first-order valence-corrected chi connectivity index (χ1v) is 9.06. The molecular formula is C14H18ClF3N2O3S. The van der Waals surface area contributed by atoms with Crippen molar-refractivity contribution in [1.82, 2.24) is 10.0 Å². The summed E-state index contributed by atoms with van der Waals surface area (Å²) >= 11 is 5.80. The minimum absolute atomic E-state index is 0.00422. The molecule has 0 aromatic heterocycles. The molecule has 10 heteroatoms. The van der Waals surface area contributed by atoms with Gasteiger partial charge in [-0.25, -0.2) is 13.1 Å². The third kappa shape index (κ3) is 4.40. The number of alkyl halides is 3. The van der Waals surface area contributed by atoms with Gasteiger partial charge < -0.3 is 10.1 Å². The van der Waals surface area contributed by atoms with E-state index in [1.54, 1.807) is 0 Å². The summed E-state index contributed by atoms with van der Waals surface area (Å²) in [5.74, 6) is 0. The van der Waals surface area contributed by atoms with E-state index in [-0.39, 0.29) is 18.2 Å². The van der Waals surface area contributed by atoms with Gasteiger partial charge in [-0.1, -0.05) is 11.6 Å². The Labute approximate surface area is 143 Å². The standard InChI is InChI=1S/C14H18ClF3N2O3S/c1-23-9-13(5-2-6-19-13)8-20-24(21,22)12-7-10(14(16,17)18)3-4-11(12)15/h3-4,7,19-20H,2,5-6,8-9H2,1H3. The van der Waals surface area contributed by atoms with E-state index >= 15 is 0 Å². The molecule has 1 aromatic rings. The van der Waals surface area contributed by atoms with Crippen LogP contribution in [0, 0.1) is 0 Å². The third-order valence-electron chi connectivity index (χ3n) is 3.90. The zero-order valence-electron chi connectivity index (χ0n) is 12.9. The molecular weight excluding hydrogens is 369 g/mol. The molecule has 1 atom stereocenters. The fourth-order valence-corrected chi connectivity index (χ4v) is 4.32. The van der Waals surface area contributed by atoms with Gasteiger partial charge in [0.05, 0.1) is 22.7 Å². The molecule has 0 aliphatic carbocycles. The first kappa shape index (κ1) is 19.5. The van der Waals surface area contributed by atoms with Gasteiger partial charge >= 0.3 is 6.18 Å². The number of sulfonamides is 1. The maximum absolute atomic E-state index is 12.8. The van der Waals surface area contributed by atoms with Crippen LogP contribution in [0.4, 0.5) is 13.2 Å². The Morgan fingerprint density at radius 1 is 1.42 bits per heavy atom. The monoisotopic (exact) mass is 386 g/mol. The number of rotatable bonds is 6. The molecule has 1 heterocycles. The summed E-state index contributed by atoms with van der Waals surface area (Å²) in [5, 5.41) is 2.91. The first-order chi connectivity index (χ1) is 11.1. The van der Waals surface area contributed by atoms with E-state index in [0.29, 0.717) is 12.5 Å². The average molecular weight is 387 g/mol. The first-order valence-electron chi connectivity index (χ1n) is 7.20. The molecule has 5 nitrogen and oxygen atoms in total. The lowest BCUT2D eigenvalue weighted by Crippen LogP contribution is -2.52. The number of nitrogens with one attached hydrogen (secondary N) is 2. The van der Waals surface area contributed by atoms with Crippen LogP contribution in [0.5, 0.6) is 0 Å². The van der Waals surface area contributed by atoms with Crippen LogP contribution in [0.25, 0.3) is 0 Å². The number of hydrogen-bond donors (Lipinski definition) is 2. The van der Waals surface area contributed by atoms with Crippen molar-refractivity contribution in [1.29, 1.82) is 0 Å². The molecule has 136 valence electrons. The molecule has 1 unspecified atom stereocenters. The van der Waals surface area contributed by atoms with Gasteiger partial charge in [-0.15, -0.1) is 0 Å². The highest BCUT2D eigenvalue weighted by atomic mass is 35.5. The molecule has 1 fully saturated rings. The highest BCUT2D eigenvalue weighted by Crippen LogP contribution is 2.33. The lowest BCUT2D eigenvalue weighted by atomic mass is 9.99. The van der Waals surface area contributed by atoms with Crippen LogP contribution in [-0.2, 0) is 20.9 Å². The summed E-state index contributed by atoms with van der Waals surface area (Å²) in [6, 6.07) is 2.21. The second kappa shape index (κ2) is 7.17. The topological polar surface area (TPSA) is 67.4 Å². The Bertz CT molecular complexity index is 689. The lowest BCUT2D eigenvalue weighted by molar-refractivity contribution is -0.137. The van der Waals surface area contributed by atoms with Crippen LogP contribution in [0.3, 0.4) is 0 Å². The van der Waals surface area contributed by atoms with Gasteiger partial charge in [-0.3, -0.25) is 0 Å². The molecule has 1 aliphatic heterocycles. The van der Waals surface area contributed by atoms with Crippen molar-refractivity contribution in [3.8, 4) is 0 Å². The van der Waals surface area contributed by atoms with E-state index < -0.39 is 32.2 Å². The Kier molecular flexibility index (Phi) is 5.81. The Morgan fingerprint density at radius 2 is 2.12 bits per heavy atom. The summed E-state index contributed by atoms with van der Waals surface area (Å²) in [6.07, 6.45) is -3.10. The van der Waals surface area contributed by atoms with Gasteiger partial charge in [-0.2, -0.15) is 13.2 Å². The van der Waals surface area contributed by atoms with Crippen molar-refractivity contribution in [2.75, 3.05) is 26.8 Å². The zero-order valence-corrected chi connectivity index (χ0v) is 14.5. The zero-order chi connectivity index (χ0) is 18.0. The largest absolute Gasteiger partial charge is 0.416 e. The second-order valence-electron chi connectivity index (χ2n) is 5.71. The molecule has 0 amide bonds. The quantitative estimate of drug-likeness (QED) is 0.788. The summed E-state index contributed by atoms with van der Waals surface area (Å²) in [7, 11) is -2.70. The molecule has 1 aromatic carbocycles. The molecule has 2 N–H and O–H groups in total. The van der Waals surface area contributed by atoms with Crippen LogP contribution in [0.2, 0.25) is 5.02 Å². The maximum Gasteiger partial charge on any atom is 0.416 e. The lowest BCUT2D eigenvalue weighted by Gasteiger charge is -2.29. The number of ether oxygens (including phenoxy) is 1. The van der Waals surface area contributed by atoms with Crippen molar-refractivity contribution >= 4 is 21.6 Å². The van der Waals surface area contributed by atoms with Crippen LogP contribution < -0.4 is 10.0 Å². The van der Waals surface area contributed by atoms with E-state index in [0.717, 1.165) is 25.1 Å². The van der Waals surface area contributed by atoms with Crippen molar-refractivity contribution < 1.29 is 26.3 Å². The number of halogens is 4. The summed E-state index contributed by atoms with van der Waals surface area (Å²) in [5.41, 5.74) is -1.64. The summed E-state index contributed by atoms with van der Waals surface area (Å²) in [4.78, 5) is -0.593. The molecule has 0 saturated carbocycles. The number of hydrogen-bond acceptors (Lipinski definition) is 4.